The molecule has 3 atom stereocenters. The Morgan fingerprint density at radius 3 is 2.35 bits per heavy atom. The first-order chi connectivity index (χ1) is 12.4. The summed E-state index contributed by atoms with van der Waals surface area (Å²) < 4.78 is 39.0. The van der Waals surface area contributed by atoms with Gasteiger partial charge in [-0.15, -0.1) is 0 Å². The molecule has 4 nitrogen and oxygen atoms in total. The lowest BCUT2D eigenvalue weighted by molar-refractivity contribution is -0.185. The number of amides is 1. The van der Waals surface area contributed by atoms with Crippen LogP contribution in [0.5, 0.6) is 0 Å². The largest absolute Gasteiger partial charge is 0.395 e. The third kappa shape index (κ3) is 4.35. The standard InChI is InChI=1S/C19H31F3N2O2/c20-19(21,22)14-6-8-15(9-7-14)24-17-4-2-1-3-13(17)5-10-16(18(24)26)23-11-12-25/h13-17,23,25H,1-12H2. The number of alkyl halides is 3. The summed E-state index contributed by atoms with van der Waals surface area (Å²) in [6.45, 7) is 0.355. The summed E-state index contributed by atoms with van der Waals surface area (Å²) in [5, 5.41) is 12.2. The number of aliphatic hydroxyl groups excluding tert-OH is 1. The number of likely N-dealkylation sites (tertiary alicyclic amines) is 1. The van der Waals surface area contributed by atoms with Crippen LogP contribution in [-0.2, 0) is 4.79 Å². The third-order valence-electron chi connectivity index (χ3n) is 6.66. The van der Waals surface area contributed by atoms with Crippen LogP contribution in [0.25, 0.3) is 0 Å². The summed E-state index contributed by atoms with van der Waals surface area (Å²) >= 11 is 0. The van der Waals surface area contributed by atoms with E-state index in [0.29, 0.717) is 25.3 Å². The van der Waals surface area contributed by atoms with Crippen molar-refractivity contribution in [2.24, 2.45) is 11.8 Å². The minimum absolute atomic E-state index is 0.0205. The molecule has 26 heavy (non-hydrogen) atoms. The van der Waals surface area contributed by atoms with Gasteiger partial charge in [-0.1, -0.05) is 12.8 Å². The molecule has 0 aromatic heterocycles. The van der Waals surface area contributed by atoms with Gasteiger partial charge in [-0.3, -0.25) is 4.79 Å². The molecule has 1 saturated heterocycles. The highest BCUT2D eigenvalue weighted by Crippen LogP contribution is 2.42. The van der Waals surface area contributed by atoms with Crippen LogP contribution in [0.3, 0.4) is 0 Å². The quantitative estimate of drug-likeness (QED) is 0.792. The third-order valence-corrected chi connectivity index (χ3v) is 6.66. The Morgan fingerprint density at radius 2 is 1.69 bits per heavy atom. The Bertz CT molecular complexity index is 478. The van der Waals surface area contributed by atoms with Crippen LogP contribution in [0.4, 0.5) is 13.2 Å². The fraction of sp³-hybridized carbons (Fsp3) is 0.947. The summed E-state index contributed by atoms with van der Waals surface area (Å²) in [6.07, 6.45) is 3.14. The van der Waals surface area contributed by atoms with Crippen molar-refractivity contribution in [3.05, 3.63) is 0 Å². The van der Waals surface area contributed by atoms with Crippen LogP contribution in [0.2, 0.25) is 0 Å². The van der Waals surface area contributed by atoms with Crippen LogP contribution < -0.4 is 5.32 Å². The number of nitrogens with one attached hydrogen (secondary N) is 1. The van der Waals surface area contributed by atoms with Gasteiger partial charge in [0.1, 0.15) is 0 Å². The van der Waals surface area contributed by atoms with Gasteiger partial charge in [0, 0.05) is 18.6 Å². The zero-order valence-electron chi connectivity index (χ0n) is 15.3. The monoisotopic (exact) mass is 376 g/mol. The molecular formula is C19H31F3N2O2. The molecule has 2 N–H and O–H groups in total. The molecule has 0 aromatic rings. The van der Waals surface area contributed by atoms with Gasteiger partial charge in [-0.2, -0.15) is 13.2 Å². The molecule has 1 aliphatic heterocycles. The van der Waals surface area contributed by atoms with Gasteiger partial charge in [-0.25, -0.2) is 0 Å². The van der Waals surface area contributed by atoms with Crippen molar-refractivity contribution in [2.75, 3.05) is 13.2 Å². The number of halogens is 3. The number of fused-ring (bicyclic) bond motifs is 1. The summed E-state index contributed by atoms with van der Waals surface area (Å²) in [4.78, 5) is 15.2. The average Bonchev–Trinajstić information content (AvgIpc) is 2.76. The van der Waals surface area contributed by atoms with E-state index in [1.807, 2.05) is 4.90 Å². The molecule has 3 unspecified atom stereocenters. The van der Waals surface area contributed by atoms with Crippen molar-refractivity contribution in [3.8, 4) is 0 Å². The maximum Gasteiger partial charge on any atom is 0.391 e. The Kier molecular flexibility index (Phi) is 6.49. The van der Waals surface area contributed by atoms with Crippen molar-refractivity contribution < 1.29 is 23.1 Å². The molecular weight excluding hydrogens is 345 g/mol. The van der Waals surface area contributed by atoms with E-state index < -0.39 is 12.1 Å². The number of carbonyl (C=O) groups excluding carboxylic acids is 1. The second kappa shape index (κ2) is 8.46. The van der Waals surface area contributed by atoms with E-state index in [-0.39, 0.29) is 43.5 Å². The lowest BCUT2D eigenvalue weighted by Crippen LogP contribution is -2.56. The van der Waals surface area contributed by atoms with Crippen LogP contribution in [-0.4, -0.2) is 53.4 Å². The van der Waals surface area contributed by atoms with E-state index in [9.17, 15) is 18.0 Å². The van der Waals surface area contributed by atoms with E-state index in [1.54, 1.807) is 0 Å². The fourth-order valence-electron chi connectivity index (χ4n) is 5.30. The minimum Gasteiger partial charge on any atom is -0.395 e. The van der Waals surface area contributed by atoms with E-state index in [4.69, 9.17) is 5.11 Å². The number of hydrogen-bond acceptors (Lipinski definition) is 3. The minimum atomic E-state index is -4.12. The predicted molar refractivity (Wildman–Crippen MR) is 92.5 cm³/mol. The van der Waals surface area contributed by atoms with E-state index in [1.165, 1.54) is 6.42 Å². The van der Waals surface area contributed by atoms with Gasteiger partial charge < -0.3 is 15.3 Å². The normalized spacial score (nSPS) is 36.5. The summed E-state index contributed by atoms with van der Waals surface area (Å²) in [5.41, 5.74) is 0. The van der Waals surface area contributed by atoms with E-state index >= 15 is 0 Å². The average molecular weight is 376 g/mol. The summed E-state index contributed by atoms with van der Waals surface area (Å²) in [5.74, 6) is -0.705. The number of hydrogen-bond donors (Lipinski definition) is 2. The van der Waals surface area contributed by atoms with Gasteiger partial charge >= 0.3 is 6.18 Å². The molecule has 2 aliphatic carbocycles. The first-order valence-corrected chi connectivity index (χ1v) is 10.1. The molecule has 150 valence electrons. The molecule has 1 amide bonds. The lowest BCUT2D eigenvalue weighted by atomic mass is 9.79. The highest BCUT2D eigenvalue weighted by molar-refractivity contribution is 5.83. The maximum atomic E-state index is 13.2. The predicted octanol–water partition coefficient (Wildman–Crippen LogP) is 3.24. The molecule has 3 rings (SSSR count). The molecule has 0 aromatic carbocycles. The van der Waals surface area contributed by atoms with Gasteiger partial charge in [-0.05, 0) is 57.3 Å². The second-order valence-corrected chi connectivity index (χ2v) is 8.21. The maximum absolute atomic E-state index is 13.2. The SMILES string of the molecule is O=C1C(NCCO)CCC2CCCCC2N1C1CCC(C(F)(F)F)CC1. The fourth-order valence-corrected chi connectivity index (χ4v) is 5.30. The van der Waals surface area contributed by atoms with E-state index in [2.05, 4.69) is 5.32 Å². The molecule has 0 radical (unpaired) electrons. The summed E-state index contributed by atoms with van der Waals surface area (Å²) in [7, 11) is 0. The van der Waals surface area contributed by atoms with Crippen molar-refractivity contribution in [1.29, 1.82) is 0 Å². The van der Waals surface area contributed by atoms with Gasteiger partial charge in [0.05, 0.1) is 18.6 Å². The molecule has 7 heteroatoms. The Morgan fingerprint density at radius 1 is 1.00 bits per heavy atom. The smallest absolute Gasteiger partial charge is 0.391 e. The molecule has 3 fully saturated rings. The van der Waals surface area contributed by atoms with Crippen molar-refractivity contribution in [1.82, 2.24) is 10.2 Å². The van der Waals surface area contributed by atoms with Gasteiger partial charge in [0.25, 0.3) is 0 Å². The highest BCUT2D eigenvalue weighted by atomic mass is 19.4. The van der Waals surface area contributed by atoms with Crippen molar-refractivity contribution >= 4 is 5.91 Å². The zero-order valence-corrected chi connectivity index (χ0v) is 15.3. The Balaban J connectivity index is 1.75. The number of rotatable bonds is 4. The number of carbonyl (C=O) groups is 1. The molecule has 2 saturated carbocycles. The zero-order chi connectivity index (χ0) is 18.7. The van der Waals surface area contributed by atoms with Gasteiger partial charge in [0.15, 0.2) is 0 Å². The molecule has 0 spiro atoms. The lowest BCUT2D eigenvalue weighted by Gasteiger charge is -2.45. The molecule has 3 aliphatic rings. The first kappa shape index (κ1) is 19.9. The van der Waals surface area contributed by atoms with Crippen molar-refractivity contribution in [2.45, 2.75) is 88.5 Å². The topological polar surface area (TPSA) is 52.6 Å². The Hall–Kier alpha value is -0.820. The number of aliphatic hydroxyl groups is 1. The summed E-state index contributed by atoms with van der Waals surface area (Å²) in [6, 6.07) is -0.194. The van der Waals surface area contributed by atoms with Gasteiger partial charge in [0.2, 0.25) is 5.91 Å². The molecule has 0 bridgehead atoms. The first-order valence-electron chi connectivity index (χ1n) is 10.1. The Labute approximate surface area is 153 Å². The second-order valence-electron chi connectivity index (χ2n) is 8.21. The van der Waals surface area contributed by atoms with Crippen LogP contribution in [0.1, 0.15) is 64.2 Å². The highest BCUT2D eigenvalue weighted by Gasteiger charge is 2.46. The van der Waals surface area contributed by atoms with E-state index in [0.717, 1.165) is 32.1 Å². The van der Waals surface area contributed by atoms with Crippen LogP contribution in [0, 0.1) is 11.8 Å². The molecule has 1 heterocycles. The number of nitrogens with zero attached hydrogens (tertiary/aromatic N) is 1. The van der Waals surface area contributed by atoms with Crippen molar-refractivity contribution in [3.63, 3.8) is 0 Å². The van der Waals surface area contributed by atoms with Crippen LogP contribution in [0.15, 0.2) is 0 Å². The van der Waals surface area contributed by atoms with Crippen LogP contribution >= 0.6 is 0 Å².